The largest absolute Gasteiger partial charge is 0.494 e. The summed E-state index contributed by atoms with van der Waals surface area (Å²) in [4.78, 5) is 0. The number of hydrogen-bond acceptors (Lipinski definition) is 3. The van der Waals surface area contributed by atoms with E-state index < -0.39 is 0 Å². The van der Waals surface area contributed by atoms with Gasteiger partial charge in [-0.3, -0.25) is 0 Å². The van der Waals surface area contributed by atoms with E-state index in [2.05, 4.69) is 29.5 Å². The molecule has 5 heteroatoms. The lowest BCUT2D eigenvalue weighted by atomic mass is 10.1. The topological polar surface area (TPSA) is 39.1 Å². The third-order valence-corrected chi connectivity index (χ3v) is 4.41. The van der Waals surface area contributed by atoms with E-state index in [0.29, 0.717) is 6.61 Å². The van der Waals surface area contributed by atoms with Gasteiger partial charge >= 0.3 is 0 Å². The van der Waals surface area contributed by atoms with Gasteiger partial charge in [0.2, 0.25) is 0 Å². The summed E-state index contributed by atoms with van der Waals surface area (Å²) < 4.78 is 20.7. The lowest BCUT2D eigenvalue weighted by Crippen LogP contribution is -2.18. The maximum absolute atomic E-state index is 13.5. The fourth-order valence-electron chi connectivity index (χ4n) is 2.97. The second kappa shape index (κ2) is 8.15. The maximum Gasteiger partial charge on any atom is 0.125 e. The molecule has 0 aliphatic carbocycles. The normalized spacial score (nSPS) is 12.2. The number of rotatable bonds is 7. The Morgan fingerprint density at radius 3 is 2.65 bits per heavy atom. The van der Waals surface area contributed by atoms with E-state index in [1.807, 2.05) is 38.2 Å². The highest BCUT2D eigenvalue weighted by Crippen LogP contribution is 2.21. The number of hydrogen-bond donors (Lipinski definition) is 1. The minimum Gasteiger partial charge on any atom is -0.494 e. The minimum absolute atomic E-state index is 0.129. The van der Waals surface area contributed by atoms with Crippen LogP contribution in [0, 0.1) is 12.7 Å². The van der Waals surface area contributed by atoms with Crippen molar-refractivity contribution in [3.8, 4) is 11.4 Å². The van der Waals surface area contributed by atoms with Gasteiger partial charge in [0, 0.05) is 23.8 Å². The van der Waals surface area contributed by atoms with Crippen molar-refractivity contribution in [1.82, 2.24) is 15.1 Å². The molecule has 1 aromatic heterocycles. The summed E-state index contributed by atoms with van der Waals surface area (Å²) in [6.45, 7) is 7.50. The average Bonchev–Trinajstić information content (AvgIpc) is 3.03. The van der Waals surface area contributed by atoms with E-state index in [1.54, 1.807) is 10.7 Å². The summed E-state index contributed by atoms with van der Waals surface area (Å²) in [7, 11) is 0. The Morgan fingerprint density at radius 2 is 1.96 bits per heavy atom. The summed E-state index contributed by atoms with van der Waals surface area (Å²) in [5.74, 6) is 0.622. The predicted octanol–water partition coefficient (Wildman–Crippen LogP) is 4.57. The van der Waals surface area contributed by atoms with Gasteiger partial charge in [0.05, 0.1) is 18.5 Å². The maximum atomic E-state index is 13.5. The Hall–Kier alpha value is -2.66. The molecule has 0 bridgehead atoms. The van der Waals surface area contributed by atoms with E-state index in [4.69, 9.17) is 4.74 Å². The molecule has 2 aromatic carbocycles. The van der Waals surface area contributed by atoms with Crippen molar-refractivity contribution in [3.63, 3.8) is 0 Å². The Kier molecular flexibility index (Phi) is 5.68. The number of aromatic nitrogens is 2. The predicted molar refractivity (Wildman–Crippen MR) is 101 cm³/mol. The fraction of sp³-hybridized carbons (Fsp3) is 0.286. The zero-order chi connectivity index (χ0) is 18.5. The quantitative estimate of drug-likeness (QED) is 0.676. The van der Waals surface area contributed by atoms with Gasteiger partial charge in [-0.1, -0.05) is 18.2 Å². The second-order valence-corrected chi connectivity index (χ2v) is 6.26. The zero-order valence-corrected chi connectivity index (χ0v) is 15.4. The van der Waals surface area contributed by atoms with Gasteiger partial charge < -0.3 is 10.1 Å². The summed E-state index contributed by atoms with van der Waals surface area (Å²) in [5.41, 5.74) is 4.02. The van der Waals surface area contributed by atoms with Crippen LogP contribution < -0.4 is 10.1 Å². The summed E-state index contributed by atoms with van der Waals surface area (Å²) in [6.07, 6.45) is 1.84. The van der Waals surface area contributed by atoms with Gasteiger partial charge in [-0.2, -0.15) is 5.10 Å². The van der Waals surface area contributed by atoms with Crippen LogP contribution in [0.15, 0.2) is 54.7 Å². The molecule has 26 heavy (non-hydrogen) atoms. The molecular weight excluding hydrogens is 329 g/mol. The zero-order valence-electron chi connectivity index (χ0n) is 15.4. The SMILES string of the molecule is CCOc1ccc(CN[C@@H](C)c2cnn(-c3cccc(F)c3)c2C)cc1. The molecule has 136 valence electrons. The minimum atomic E-state index is -0.263. The van der Waals surface area contributed by atoms with Gasteiger partial charge in [-0.15, -0.1) is 0 Å². The molecule has 0 aliphatic rings. The van der Waals surface area contributed by atoms with E-state index in [0.717, 1.165) is 29.2 Å². The smallest absolute Gasteiger partial charge is 0.125 e. The molecule has 1 heterocycles. The van der Waals surface area contributed by atoms with Crippen molar-refractivity contribution in [2.45, 2.75) is 33.4 Å². The van der Waals surface area contributed by atoms with Crippen molar-refractivity contribution in [2.24, 2.45) is 0 Å². The standard InChI is InChI=1S/C21H24FN3O/c1-4-26-20-10-8-17(9-11-20)13-23-15(2)21-14-24-25(16(21)3)19-7-5-6-18(22)12-19/h5-12,14-15,23H,4,13H2,1-3H3/t15-/m0/s1. The fourth-order valence-corrected chi connectivity index (χ4v) is 2.97. The highest BCUT2D eigenvalue weighted by molar-refractivity contribution is 5.36. The molecule has 3 rings (SSSR count). The Balaban J connectivity index is 1.67. The van der Waals surface area contributed by atoms with Crippen LogP contribution in [0.5, 0.6) is 5.75 Å². The van der Waals surface area contributed by atoms with Gasteiger partial charge in [0.25, 0.3) is 0 Å². The van der Waals surface area contributed by atoms with Crippen LogP contribution in [0.1, 0.15) is 36.7 Å². The molecule has 0 aliphatic heterocycles. The number of nitrogens with one attached hydrogen (secondary N) is 1. The first-order valence-corrected chi connectivity index (χ1v) is 8.84. The van der Waals surface area contributed by atoms with Crippen LogP contribution in [0.3, 0.4) is 0 Å². The molecule has 0 unspecified atom stereocenters. The number of ether oxygens (including phenoxy) is 1. The van der Waals surface area contributed by atoms with Crippen molar-refractivity contribution in [3.05, 3.63) is 77.4 Å². The molecule has 0 fully saturated rings. The average molecular weight is 353 g/mol. The molecule has 0 saturated carbocycles. The lowest BCUT2D eigenvalue weighted by molar-refractivity contribution is 0.340. The van der Waals surface area contributed by atoms with Crippen LogP contribution in [0.2, 0.25) is 0 Å². The Bertz CT molecular complexity index is 858. The molecular formula is C21H24FN3O. The molecule has 1 N–H and O–H groups in total. The third-order valence-electron chi connectivity index (χ3n) is 4.41. The first-order chi connectivity index (χ1) is 12.6. The molecule has 0 amide bonds. The molecule has 3 aromatic rings. The summed E-state index contributed by atoms with van der Waals surface area (Å²) in [5, 5.41) is 7.94. The summed E-state index contributed by atoms with van der Waals surface area (Å²) in [6, 6.07) is 14.7. The second-order valence-electron chi connectivity index (χ2n) is 6.26. The van der Waals surface area contributed by atoms with Gasteiger partial charge in [-0.05, 0) is 56.7 Å². The van der Waals surface area contributed by atoms with Crippen LogP contribution in [0.25, 0.3) is 5.69 Å². The summed E-state index contributed by atoms with van der Waals surface area (Å²) >= 11 is 0. The van der Waals surface area contributed by atoms with E-state index in [1.165, 1.54) is 17.7 Å². The van der Waals surface area contributed by atoms with E-state index in [9.17, 15) is 4.39 Å². The van der Waals surface area contributed by atoms with Crippen molar-refractivity contribution in [2.75, 3.05) is 6.61 Å². The third kappa shape index (κ3) is 4.11. The highest BCUT2D eigenvalue weighted by atomic mass is 19.1. The van der Waals surface area contributed by atoms with E-state index in [-0.39, 0.29) is 11.9 Å². The Labute approximate surface area is 153 Å². The van der Waals surface area contributed by atoms with Crippen LogP contribution in [-0.2, 0) is 6.54 Å². The highest BCUT2D eigenvalue weighted by Gasteiger charge is 2.14. The van der Waals surface area contributed by atoms with Gasteiger partial charge in [0.15, 0.2) is 0 Å². The number of halogens is 1. The van der Waals surface area contributed by atoms with Crippen molar-refractivity contribution in [1.29, 1.82) is 0 Å². The van der Waals surface area contributed by atoms with Crippen LogP contribution in [-0.4, -0.2) is 16.4 Å². The molecule has 0 saturated heterocycles. The van der Waals surface area contributed by atoms with Gasteiger partial charge in [-0.25, -0.2) is 9.07 Å². The first-order valence-electron chi connectivity index (χ1n) is 8.84. The van der Waals surface area contributed by atoms with Crippen molar-refractivity contribution >= 4 is 0 Å². The first kappa shape index (κ1) is 18.1. The van der Waals surface area contributed by atoms with Crippen molar-refractivity contribution < 1.29 is 9.13 Å². The van der Waals surface area contributed by atoms with Crippen LogP contribution >= 0.6 is 0 Å². The molecule has 4 nitrogen and oxygen atoms in total. The van der Waals surface area contributed by atoms with Gasteiger partial charge in [0.1, 0.15) is 11.6 Å². The Morgan fingerprint density at radius 1 is 1.19 bits per heavy atom. The number of nitrogens with zero attached hydrogens (tertiary/aromatic N) is 2. The lowest BCUT2D eigenvalue weighted by Gasteiger charge is -2.14. The number of benzene rings is 2. The van der Waals surface area contributed by atoms with Crippen LogP contribution in [0.4, 0.5) is 4.39 Å². The van der Waals surface area contributed by atoms with E-state index >= 15 is 0 Å². The molecule has 1 atom stereocenters. The molecule has 0 spiro atoms. The monoisotopic (exact) mass is 353 g/mol. The molecule has 0 radical (unpaired) electrons.